The molecule has 1 saturated heterocycles. The lowest BCUT2D eigenvalue weighted by Crippen LogP contribution is -2.24. The van der Waals surface area contributed by atoms with Gasteiger partial charge in [0, 0.05) is 30.1 Å². The number of carbonyl (C=O) groups excluding carboxylic acids is 1. The number of hydrogen-bond donors (Lipinski definition) is 0. The summed E-state index contributed by atoms with van der Waals surface area (Å²) in [4.78, 5) is 18.8. The minimum Gasteiger partial charge on any atom is -0.339 e. The van der Waals surface area contributed by atoms with Crippen LogP contribution in [0.3, 0.4) is 0 Å². The van der Waals surface area contributed by atoms with E-state index in [-0.39, 0.29) is 11.8 Å². The van der Waals surface area contributed by atoms with Gasteiger partial charge in [0.2, 0.25) is 17.6 Å². The molecule has 132 valence electrons. The van der Waals surface area contributed by atoms with Crippen molar-refractivity contribution in [3.8, 4) is 11.4 Å². The van der Waals surface area contributed by atoms with Crippen molar-refractivity contribution in [2.24, 2.45) is 0 Å². The molecule has 1 aliphatic heterocycles. The third-order valence-electron chi connectivity index (χ3n) is 4.71. The molecule has 0 saturated carbocycles. The Bertz CT molecular complexity index is 953. The van der Waals surface area contributed by atoms with E-state index in [9.17, 15) is 4.79 Å². The van der Waals surface area contributed by atoms with Crippen LogP contribution in [0.25, 0.3) is 11.4 Å². The first-order chi connectivity index (χ1) is 12.6. The van der Waals surface area contributed by atoms with Gasteiger partial charge in [-0.05, 0) is 30.2 Å². The summed E-state index contributed by atoms with van der Waals surface area (Å²) in [5.74, 6) is 1.03. The Balaban J connectivity index is 1.50. The van der Waals surface area contributed by atoms with Gasteiger partial charge in [-0.15, -0.1) is 0 Å². The van der Waals surface area contributed by atoms with Crippen molar-refractivity contribution in [3.63, 3.8) is 0 Å². The van der Waals surface area contributed by atoms with Crippen LogP contribution in [0.4, 0.5) is 0 Å². The number of rotatable bonds is 4. The molecule has 1 atom stereocenters. The van der Waals surface area contributed by atoms with Crippen molar-refractivity contribution < 1.29 is 9.32 Å². The largest absolute Gasteiger partial charge is 0.339 e. The van der Waals surface area contributed by atoms with Crippen LogP contribution in [-0.4, -0.2) is 27.5 Å². The van der Waals surface area contributed by atoms with E-state index in [2.05, 4.69) is 29.2 Å². The number of benzene rings is 2. The lowest BCUT2D eigenvalue weighted by Gasteiger charge is -2.17. The Morgan fingerprint density at radius 1 is 1.23 bits per heavy atom. The third kappa shape index (κ3) is 3.35. The number of carbonyl (C=O) groups is 1. The third-order valence-corrected chi connectivity index (χ3v) is 4.95. The van der Waals surface area contributed by atoms with Gasteiger partial charge in [-0.25, -0.2) is 0 Å². The average Bonchev–Trinajstić information content (AvgIpc) is 3.24. The summed E-state index contributed by atoms with van der Waals surface area (Å²) in [7, 11) is 0. The zero-order valence-electron chi connectivity index (χ0n) is 14.4. The van der Waals surface area contributed by atoms with Gasteiger partial charge in [0.05, 0.1) is 5.92 Å². The molecule has 2 heterocycles. The number of amides is 1. The normalized spacial score (nSPS) is 17.1. The van der Waals surface area contributed by atoms with E-state index in [1.54, 1.807) is 12.1 Å². The Kier molecular flexibility index (Phi) is 4.47. The first-order valence-electron chi connectivity index (χ1n) is 8.52. The van der Waals surface area contributed by atoms with Crippen LogP contribution >= 0.6 is 11.6 Å². The van der Waals surface area contributed by atoms with Crippen LogP contribution < -0.4 is 0 Å². The fourth-order valence-corrected chi connectivity index (χ4v) is 3.42. The minimum atomic E-state index is -0.0769. The highest BCUT2D eigenvalue weighted by atomic mass is 35.5. The maximum atomic E-state index is 12.4. The highest BCUT2D eigenvalue weighted by molar-refractivity contribution is 6.30. The molecule has 1 fully saturated rings. The van der Waals surface area contributed by atoms with Gasteiger partial charge in [-0.1, -0.05) is 53.2 Å². The monoisotopic (exact) mass is 367 g/mol. The summed E-state index contributed by atoms with van der Waals surface area (Å²) in [6, 6.07) is 15.4. The molecule has 1 unspecified atom stereocenters. The van der Waals surface area contributed by atoms with Crippen molar-refractivity contribution in [2.75, 3.05) is 6.54 Å². The lowest BCUT2D eigenvalue weighted by molar-refractivity contribution is -0.128. The van der Waals surface area contributed by atoms with Gasteiger partial charge in [0.25, 0.3) is 0 Å². The molecule has 2 aromatic carbocycles. The van der Waals surface area contributed by atoms with Gasteiger partial charge in [-0.3, -0.25) is 4.79 Å². The molecule has 0 aliphatic carbocycles. The van der Waals surface area contributed by atoms with Crippen LogP contribution in [0.5, 0.6) is 0 Å². The van der Waals surface area contributed by atoms with Gasteiger partial charge in [0.15, 0.2) is 0 Å². The summed E-state index contributed by atoms with van der Waals surface area (Å²) < 4.78 is 5.43. The van der Waals surface area contributed by atoms with E-state index in [1.807, 2.05) is 29.2 Å². The second kappa shape index (κ2) is 6.92. The maximum Gasteiger partial charge on any atom is 0.232 e. The molecular weight excluding hydrogens is 350 g/mol. The molecular formula is C20H18ClN3O2. The zero-order chi connectivity index (χ0) is 18.1. The quantitative estimate of drug-likeness (QED) is 0.693. The lowest BCUT2D eigenvalue weighted by atomic mass is 10.1. The summed E-state index contributed by atoms with van der Waals surface area (Å²) in [6.07, 6.45) is 0.392. The predicted octanol–water partition coefficient (Wildman–Crippen LogP) is 4.21. The number of nitrogens with zero attached hydrogens (tertiary/aromatic N) is 3. The molecule has 0 N–H and O–H groups in total. The molecule has 4 rings (SSSR count). The average molecular weight is 368 g/mol. The topological polar surface area (TPSA) is 59.2 Å². The van der Waals surface area contributed by atoms with E-state index in [1.165, 1.54) is 5.56 Å². The van der Waals surface area contributed by atoms with E-state index in [0.29, 0.717) is 36.2 Å². The first-order valence-corrected chi connectivity index (χ1v) is 8.90. The van der Waals surface area contributed by atoms with Gasteiger partial charge >= 0.3 is 0 Å². The number of halogens is 1. The van der Waals surface area contributed by atoms with Gasteiger partial charge in [-0.2, -0.15) is 4.98 Å². The SMILES string of the molecule is Cc1ccccc1CN1CC(c2nc(-c3cccc(Cl)c3)no2)CC1=O. The van der Waals surface area contributed by atoms with Crippen LogP contribution in [-0.2, 0) is 11.3 Å². The van der Waals surface area contributed by atoms with Crippen molar-refractivity contribution in [3.05, 3.63) is 70.6 Å². The molecule has 26 heavy (non-hydrogen) atoms. The molecule has 0 spiro atoms. The fraction of sp³-hybridized carbons (Fsp3) is 0.250. The Morgan fingerprint density at radius 3 is 2.88 bits per heavy atom. The molecule has 1 aromatic heterocycles. The number of aromatic nitrogens is 2. The molecule has 1 aliphatic rings. The second-order valence-corrected chi connectivity index (χ2v) is 7.00. The fourth-order valence-electron chi connectivity index (χ4n) is 3.23. The Hall–Kier alpha value is -2.66. The smallest absolute Gasteiger partial charge is 0.232 e. The van der Waals surface area contributed by atoms with E-state index in [0.717, 1.165) is 11.1 Å². The van der Waals surface area contributed by atoms with Gasteiger partial charge < -0.3 is 9.42 Å². The van der Waals surface area contributed by atoms with Crippen LogP contribution in [0.2, 0.25) is 5.02 Å². The molecule has 1 amide bonds. The van der Waals surface area contributed by atoms with Crippen molar-refractivity contribution >= 4 is 17.5 Å². The van der Waals surface area contributed by atoms with Crippen molar-refractivity contribution in [2.45, 2.75) is 25.8 Å². The van der Waals surface area contributed by atoms with Crippen LogP contribution in [0.1, 0.15) is 29.4 Å². The van der Waals surface area contributed by atoms with Crippen molar-refractivity contribution in [1.82, 2.24) is 15.0 Å². The summed E-state index contributed by atoms with van der Waals surface area (Å²) >= 11 is 6.02. The standard InChI is InChI=1S/C20H18ClN3O2/c1-13-5-2-3-6-15(13)11-24-12-16(10-18(24)25)20-22-19(23-26-20)14-7-4-8-17(21)9-14/h2-9,16H,10-12H2,1H3. The van der Waals surface area contributed by atoms with Gasteiger partial charge in [0.1, 0.15) is 0 Å². The van der Waals surface area contributed by atoms with E-state index >= 15 is 0 Å². The minimum absolute atomic E-state index is 0.0769. The molecule has 3 aromatic rings. The summed E-state index contributed by atoms with van der Waals surface area (Å²) in [6.45, 7) is 3.25. The highest BCUT2D eigenvalue weighted by Gasteiger charge is 2.34. The highest BCUT2D eigenvalue weighted by Crippen LogP contribution is 2.30. The maximum absolute atomic E-state index is 12.4. The number of likely N-dealkylation sites (tertiary alicyclic amines) is 1. The predicted molar refractivity (Wildman–Crippen MR) is 98.7 cm³/mol. The number of aryl methyl sites for hydroxylation is 1. The van der Waals surface area contributed by atoms with E-state index in [4.69, 9.17) is 16.1 Å². The Morgan fingerprint density at radius 2 is 2.08 bits per heavy atom. The second-order valence-electron chi connectivity index (χ2n) is 6.57. The molecule has 6 heteroatoms. The number of hydrogen-bond acceptors (Lipinski definition) is 4. The zero-order valence-corrected chi connectivity index (χ0v) is 15.1. The van der Waals surface area contributed by atoms with Crippen LogP contribution in [0, 0.1) is 6.92 Å². The molecule has 0 radical (unpaired) electrons. The molecule has 5 nitrogen and oxygen atoms in total. The summed E-state index contributed by atoms with van der Waals surface area (Å²) in [5.41, 5.74) is 3.14. The Labute approximate surface area is 156 Å². The molecule has 0 bridgehead atoms. The first kappa shape index (κ1) is 16.8. The summed E-state index contributed by atoms with van der Waals surface area (Å²) in [5, 5.41) is 4.67. The van der Waals surface area contributed by atoms with Crippen LogP contribution in [0.15, 0.2) is 53.1 Å². The van der Waals surface area contributed by atoms with E-state index < -0.39 is 0 Å². The van der Waals surface area contributed by atoms with Crippen molar-refractivity contribution in [1.29, 1.82) is 0 Å².